The summed E-state index contributed by atoms with van der Waals surface area (Å²) in [6, 6.07) is 12.5. The van der Waals surface area contributed by atoms with E-state index in [9.17, 15) is 9.59 Å². The molecule has 3 rings (SSSR count). The van der Waals surface area contributed by atoms with Gasteiger partial charge in [0.1, 0.15) is 11.6 Å². The van der Waals surface area contributed by atoms with E-state index in [1.807, 2.05) is 19.1 Å². The van der Waals surface area contributed by atoms with Gasteiger partial charge in [-0.05, 0) is 36.8 Å². The lowest BCUT2D eigenvalue weighted by Crippen LogP contribution is -2.10. The number of nitrogens with one attached hydrogen (secondary N) is 1. The minimum atomic E-state index is -0.421. The summed E-state index contributed by atoms with van der Waals surface area (Å²) in [5, 5.41) is 0.521. The second-order valence-corrected chi connectivity index (χ2v) is 5.02. The average molecular weight is 294 g/mol. The Labute approximate surface area is 126 Å². The zero-order valence-electron chi connectivity index (χ0n) is 12.2. The molecule has 0 saturated heterocycles. The van der Waals surface area contributed by atoms with Crippen molar-refractivity contribution >= 4 is 16.9 Å². The number of nitrogens with zero attached hydrogens (tertiary/aromatic N) is 1. The number of aromatic amines is 1. The number of carbonyl (C=O) groups excluding carboxylic acids is 1. The Kier molecular flexibility index (Phi) is 3.47. The Hall–Kier alpha value is -2.95. The maximum absolute atomic E-state index is 12.2. The van der Waals surface area contributed by atoms with Crippen LogP contribution in [-0.2, 0) is 4.79 Å². The fourth-order valence-corrected chi connectivity index (χ4v) is 2.28. The number of ether oxygens (including phenoxy) is 1. The third-order valence-corrected chi connectivity index (χ3v) is 3.26. The van der Waals surface area contributed by atoms with Gasteiger partial charge in [-0.2, -0.15) is 0 Å². The summed E-state index contributed by atoms with van der Waals surface area (Å²) in [5.41, 5.74) is 1.89. The van der Waals surface area contributed by atoms with Crippen LogP contribution in [0.2, 0.25) is 0 Å². The molecule has 1 N–H and O–H groups in total. The van der Waals surface area contributed by atoms with Gasteiger partial charge in [0.05, 0.1) is 16.5 Å². The normalized spacial score (nSPS) is 10.6. The monoisotopic (exact) mass is 294 g/mol. The number of fused-ring (bicyclic) bond motifs is 1. The van der Waals surface area contributed by atoms with Crippen molar-refractivity contribution in [2.24, 2.45) is 0 Å². The van der Waals surface area contributed by atoms with Gasteiger partial charge >= 0.3 is 5.97 Å². The number of carbonyl (C=O) groups is 1. The van der Waals surface area contributed by atoms with Crippen LogP contribution < -0.4 is 10.3 Å². The highest BCUT2D eigenvalue weighted by atomic mass is 16.5. The molecule has 5 heteroatoms. The topological polar surface area (TPSA) is 72.0 Å². The van der Waals surface area contributed by atoms with Crippen LogP contribution in [0, 0.1) is 6.92 Å². The molecule has 3 aromatic rings. The molecular formula is C17H14N2O3. The summed E-state index contributed by atoms with van der Waals surface area (Å²) in [6.07, 6.45) is 0. The van der Waals surface area contributed by atoms with Gasteiger partial charge in [0.15, 0.2) is 0 Å². The van der Waals surface area contributed by atoms with Gasteiger partial charge < -0.3 is 9.72 Å². The maximum atomic E-state index is 12.2. The Morgan fingerprint density at radius 1 is 1.18 bits per heavy atom. The third kappa shape index (κ3) is 2.61. The van der Waals surface area contributed by atoms with Gasteiger partial charge in [-0.3, -0.25) is 9.59 Å². The minimum absolute atomic E-state index is 0.227. The fraction of sp³-hybridized carbons (Fsp3) is 0.118. The first-order chi connectivity index (χ1) is 10.5. The van der Waals surface area contributed by atoms with Crippen molar-refractivity contribution in [3.8, 4) is 17.1 Å². The Morgan fingerprint density at radius 3 is 2.73 bits per heavy atom. The van der Waals surface area contributed by atoms with Crippen molar-refractivity contribution in [1.29, 1.82) is 0 Å². The molecule has 5 nitrogen and oxygen atoms in total. The number of hydrogen-bond acceptors (Lipinski definition) is 4. The van der Waals surface area contributed by atoms with Crippen LogP contribution in [0.15, 0.2) is 47.3 Å². The zero-order valence-corrected chi connectivity index (χ0v) is 12.2. The summed E-state index contributed by atoms with van der Waals surface area (Å²) < 4.78 is 5.23. The molecule has 0 saturated carbocycles. The second-order valence-electron chi connectivity index (χ2n) is 5.02. The average Bonchev–Trinajstić information content (AvgIpc) is 2.46. The number of esters is 1. The first-order valence-electron chi connectivity index (χ1n) is 6.83. The van der Waals surface area contributed by atoms with E-state index >= 15 is 0 Å². The third-order valence-electron chi connectivity index (χ3n) is 3.26. The molecular weight excluding hydrogens is 280 g/mol. The van der Waals surface area contributed by atoms with Gasteiger partial charge in [0.2, 0.25) is 0 Å². The van der Waals surface area contributed by atoms with Crippen LogP contribution in [0.4, 0.5) is 0 Å². The van der Waals surface area contributed by atoms with Crippen LogP contribution in [-0.4, -0.2) is 15.9 Å². The highest BCUT2D eigenvalue weighted by Gasteiger charge is 2.12. The molecule has 0 amide bonds. The smallest absolute Gasteiger partial charge is 0.308 e. The highest BCUT2D eigenvalue weighted by Crippen LogP contribution is 2.29. The summed E-state index contributed by atoms with van der Waals surface area (Å²) in [5.74, 6) is 0.334. The molecule has 0 aliphatic heterocycles. The number of benzene rings is 2. The summed E-state index contributed by atoms with van der Waals surface area (Å²) in [6.45, 7) is 3.23. The minimum Gasteiger partial charge on any atom is -0.426 e. The molecule has 1 heterocycles. The van der Waals surface area contributed by atoms with E-state index in [4.69, 9.17) is 4.74 Å². The standard InChI is InChI=1S/C17H14N2O3/c1-10-7-8-13(15(9-10)22-11(2)20)16-18-14-6-4-3-5-12(14)17(21)19-16/h3-9H,1-2H3,(H,18,19,21). The van der Waals surface area contributed by atoms with Gasteiger partial charge in [0.25, 0.3) is 5.56 Å². The van der Waals surface area contributed by atoms with E-state index in [0.717, 1.165) is 5.56 Å². The Balaban J connectivity index is 2.23. The predicted octanol–water partition coefficient (Wildman–Crippen LogP) is 2.82. The number of hydrogen-bond donors (Lipinski definition) is 1. The number of para-hydroxylation sites is 1. The molecule has 1 aromatic heterocycles. The SMILES string of the molecule is CC(=O)Oc1cc(C)ccc1-c1nc2ccccc2c(=O)[nH]1. The molecule has 0 fully saturated rings. The lowest BCUT2D eigenvalue weighted by atomic mass is 10.1. The molecule has 0 aliphatic carbocycles. The molecule has 0 aliphatic rings. The number of H-pyrrole nitrogens is 1. The van der Waals surface area contributed by atoms with Crippen molar-refractivity contribution in [2.45, 2.75) is 13.8 Å². The van der Waals surface area contributed by atoms with Crippen LogP contribution >= 0.6 is 0 Å². The molecule has 0 bridgehead atoms. The molecule has 0 unspecified atom stereocenters. The Morgan fingerprint density at radius 2 is 1.95 bits per heavy atom. The van der Waals surface area contributed by atoms with E-state index in [1.54, 1.807) is 30.3 Å². The molecule has 0 atom stereocenters. The number of aromatic nitrogens is 2. The molecule has 0 spiro atoms. The molecule has 0 radical (unpaired) electrons. The van der Waals surface area contributed by atoms with E-state index in [2.05, 4.69) is 9.97 Å². The Bertz CT molecular complexity index is 929. The van der Waals surface area contributed by atoms with Gasteiger partial charge in [-0.15, -0.1) is 0 Å². The van der Waals surface area contributed by atoms with Gasteiger partial charge in [0, 0.05) is 6.92 Å². The lowest BCUT2D eigenvalue weighted by Gasteiger charge is -2.10. The van der Waals surface area contributed by atoms with Crippen molar-refractivity contribution in [3.05, 3.63) is 58.4 Å². The van der Waals surface area contributed by atoms with Crippen LogP contribution in [0.1, 0.15) is 12.5 Å². The summed E-state index contributed by atoms with van der Waals surface area (Å²) >= 11 is 0. The zero-order chi connectivity index (χ0) is 15.7. The van der Waals surface area contributed by atoms with E-state index in [0.29, 0.717) is 28.0 Å². The molecule has 22 heavy (non-hydrogen) atoms. The van der Waals surface area contributed by atoms with Crippen molar-refractivity contribution in [1.82, 2.24) is 9.97 Å². The largest absolute Gasteiger partial charge is 0.426 e. The fourth-order valence-electron chi connectivity index (χ4n) is 2.28. The predicted molar refractivity (Wildman–Crippen MR) is 83.8 cm³/mol. The summed E-state index contributed by atoms with van der Waals surface area (Å²) in [4.78, 5) is 30.6. The van der Waals surface area contributed by atoms with Gasteiger partial charge in [-0.25, -0.2) is 4.98 Å². The first-order valence-corrected chi connectivity index (χ1v) is 6.83. The van der Waals surface area contributed by atoms with E-state index < -0.39 is 5.97 Å². The number of aryl methyl sites for hydroxylation is 1. The van der Waals surface area contributed by atoms with Crippen LogP contribution in [0.3, 0.4) is 0 Å². The number of rotatable bonds is 2. The van der Waals surface area contributed by atoms with Gasteiger partial charge in [-0.1, -0.05) is 18.2 Å². The highest BCUT2D eigenvalue weighted by molar-refractivity contribution is 5.81. The van der Waals surface area contributed by atoms with Crippen LogP contribution in [0.5, 0.6) is 5.75 Å². The second kappa shape index (κ2) is 5.44. The van der Waals surface area contributed by atoms with E-state index in [1.165, 1.54) is 6.92 Å². The van der Waals surface area contributed by atoms with Crippen LogP contribution in [0.25, 0.3) is 22.3 Å². The lowest BCUT2D eigenvalue weighted by molar-refractivity contribution is -0.131. The first kappa shape index (κ1) is 14.0. The van der Waals surface area contributed by atoms with Crippen molar-refractivity contribution in [2.75, 3.05) is 0 Å². The molecule has 110 valence electrons. The molecule has 2 aromatic carbocycles. The quantitative estimate of drug-likeness (QED) is 0.582. The van der Waals surface area contributed by atoms with E-state index in [-0.39, 0.29) is 5.56 Å². The summed E-state index contributed by atoms with van der Waals surface area (Å²) in [7, 11) is 0. The van der Waals surface area contributed by atoms with Crippen molar-refractivity contribution < 1.29 is 9.53 Å². The maximum Gasteiger partial charge on any atom is 0.308 e. The van der Waals surface area contributed by atoms with Crippen molar-refractivity contribution in [3.63, 3.8) is 0 Å².